The number of nitrogens with zero attached hydrogens (tertiary/aromatic N) is 1. The molecule has 0 aliphatic heterocycles. The van der Waals surface area contributed by atoms with Crippen LogP contribution in [-0.4, -0.2) is 11.7 Å². The van der Waals surface area contributed by atoms with Crippen molar-refractivity contribution in [2.75, 3.05) is 7.11 Å². The molecule has 0 bridgehead atoms. The average Bonchev–Trinajstić information content (AvgIpc) is 2.74. The highest BCUT2D eigenvalue weighted by molar-refractivity contribution is 6.31. The second-order valence-corrected chi connectivity index (χ2v) is 4.85. The van der Waals surface area contributed by atoms with Gasteiger partial charge in [-0.05, 0) is 29.8 Å². The molecule has 2 aromatic carbocycles. The molecular weight excluding hydrogens is 278 g/mol. The van der Waals surface area contributed by atoms with Gasteiger partial charge in [0.2, 0.25) is 0 Å². The third-order valence-electron chi connectivity index (χ3n) is 3.11. The molecule has 0 N–H and O–H groups in total. The molecule has 0 saturated heterocycles. The maximum Gasteiger partial charge on any atom is 0.420 e. The van der Waals surface area contributed by atoms with Crippen LogP contribution in [0.25, 0.3) is 11.1 Å². The molecule has 102 valence electrons. The first kappa shape index (κ1) is 12.8. The van der Waals surface area contributed by atoms with E-state index in [1.54, 1.807) is 29.9 Å². The maximum absolute atomic E-state index is 11.9. The van der Waals surface area contributed by atoms with Crippen molar-refractivity contribution in [3.05, 3.63) is 63.6 Å². The molecule has 0 unspecified atom stereocenters. The third kappa shape index (κ3) is 2.30. The Bertz CT molecular complexity index is 819. The van der Waals surface area contributed by atoms with Gasteiger partial charge in [-0.2, -0.15) is 0 Å². The van der Waals surface area contributed by atoms with Crippen LogP contribution in [0.4, 0.5) is 0 Å². The number of hydrogen-bond donors (Lipinski definition) is 0. The van der Waals surface area contributed by atoms with Crippen molar-refractivity contribution < 1.29 is 9.15 Å². The number of fused-ring (bicyclic) bond motifs is 1. The van der Waals surface area contributed by atoms with E-state index in [-0.39, 0.29) is 0 Å². The van der Waals surface area contributed by atoms with Crippen molar-refractivity contribution in [3.63, 3.8) is 0 Å². The Morgan fingerprint density at radius 3 is 2.90 bits per heavy atom. The molecule has 0 aliphatic rings. The van der Waals surface area contributed by atoms with Crippen LogP contribution in [0.1, 0.15) is 5.56 Å². The van der Waals surface area contributed by atoms with E-state index in [0.29, 0.717) is 17.2 Å². The number of hydrogen-bond acceptors (Lipinski definition) is 3. The minimum absolute atomic E-state index is 0.398. The first-order valence-corrected chi connectivity index (χ1v) is 6.47. The fourth-order valence-electron chi connectivity index (χ4n) is 2.14. The lowest BCUT2D eigenvalue weighted by Gasteiger charge is -2.05. The highest BCUT2D eigenvalue weighted by Crippen LogP contribution is 2.20. The minimum Gasteiger partial charge on any atom is -0.497 e. The molecule has 20 heavy (non-hydrogen) atoms. The van der Waals surface area contributed by atoms with Crippen molar-refractivity contribution in [2.45, 2.75) is 6.54 Å². The fourth-order valence-corrected chi connectivity index (χ4v) is 2.31. The van der Waals surface area contributed by atoms with Crippen LogP contribution in [-0.2, 0) is 6.54 Å². The molecule has 0 fully saturated rings. The lowest BCUT2D eigenvalue weighted by Crippen LogP contribution is -2.14. The van der Waals surface area contributed by atoms with E-state index < -0.39 is 5.76 Å². The molecule has 0 radical (unpaired) electrons. The summed E-state index contributed by atoms with van der Waals surface area (Å²) in [6.45, 7) is 0.421. The van der Waals surface area contributed by atoms with Gasteiger partial charge in [-0.3, -0.25) is 4.57 Å². The molecule has 0 spiro atoms. The van der Waals surface area contributed by atoms with Crippen LogP contribution in [0.2, 0.25) is 5.02 Å². The van der Waals surface area contributed by atoms with E-state index in [1.165, 1.54) is 0 Å². The molecule has 1 heterocycles. The highest BCUT2D eigenvalue weighted by Gasteiger charge is 2.10. The molecule has 1 aromatic heterocycles. The number of rotatable bonds is 3. The van der Waals surface area contributed by atoms with Crippen molar-refractivity contribution in [3.8, 4) is 5.75 Å². The van der Waals surface area contributed by atoms with Crippen LogP contribution >= 0.6 is 11.6 Å². The Kier molecular flexibility index (Phi) is 3.24. The van der Waals surface area contributed by atoms with E-state index in [1.807, 2.05) is 24.3 Å². The Labute approximate surface area is 120 Å². The van der Waals surface area contributed by atoms with Crippen molar-refractivity contribution >= 4 is 22.7 Å². The summed E-state index contributed by atoms with van der Waals surface area (Å²) >= 11 is 5.89. The largest absolute Gasteiger partial charge is 0.497 e. The summed E-state index contributed by atoms with van der Waals surface area (Å²) in [6.07, 6.45) is 0. The molecule has 4 nitrogen and oxygen atoms in total. The predicted molar refractivity (Wildman–Crippen MR) is 77.6 cm³/mol. The summed E-state index contributed by atoms with van der Waals surface area (Å²) in [7, 11) is 1.61. The van der Waals surface area contributed by atoms with Gasteiger partial charge in [0.1, 0.15) is 5.75 Å². The first-order valence-electron chi connectivity index (χ1n) is 6.09. The van der Waals surface area contributed by atoms with Crippen LogP contribution in [0.3, 0.4) is 0 Å². The number of ether oxygens (including phenoxy) is 1. The molecule has 3 aromatic rings. The second kappa shape index (κ2) is 5.06. The summed E-state index contributed by atoms with van der Waals surface area (Å²) in [6, 6.07) is 12.7. The maximum atomic E-state index is 11.9. The average molecular weight is 290 g/mol. The van der Waals surface area contributed by atoms with Crippen LogP contribution in [0.15, 0.2) is 51.7 Å². The molecule has 3 rings (SSSR count). The lowest BCUT2D eigenvalue weighted by molar-refractivity contribution is 0.414. The molecule has 0 aliphatic carbocycles. The first-order chi connectivity index (χ1) is 9.67. The Morgan fingerprint density at radius 1 is 1.25 bits per heavy atom. The monoisotopic (exact) mass is 289 g/mol. The van der Waals surface area contributed by atoms with Gasteiger partial charge in [0, 0.05) is 11.1 Å². The molecule has 5 heteroatoms. The van der Waals surface area contributed by atoms with E-state index in [0.717, 1.165) is 16.8 Å². The zero-order valence-electron chi connectivity index (χ0n) is 10.8. The fraction of sp³-hybridized carbons (Fsp3) is 0.133. The van der Waals surface area contributed by atoms with Gasteiger partial charge in [0.05, 0.1) is 19.2 Å². The van der Waals surface area contributed by atoms with Gasteiger partial charge >= 0.3 is 5.76 Å². The van der Waals surface area contributed by atoms with E-state index in [9.17, 15) is 4.79 Å². The number of oxazole rings is 1. The number of aromatic nitrogens is 1. The van der Waals surface area contributed by atoms with Crippen LogP contribution in [0, 0.1) is 0 Å². The molecular formula is C15H12ClNO3. The zero-order valence-corrected chi connectivity index (χ0v) is 11.6. The second-order valence-electron chi connectivity index (χ2n) is 4.42. The van der Waals surface area contributed by atoms with Crippen molar-refractivity contribution in [1.82, 2.24) is 4.57 Å². The quantitative estimate of drug-likeness (QED) is 0.743. The SMILES string of the molecule is COc1cccc(Cn2c(=O)oc3cc(Cl)ccc32)c1. The van der Waals surface area contributed by atoms with Crippen LogP contribution in [0.5, 0.6) is 5.75 Å². The topological polar surface area (TPSA) is 44.4 Å². The Hall–Kier alpha value is -2.20. The molecule has 0 amide bonds. The van der Waals surface area contributed by atoms with Crippen LogP contribution < -0.4 is 10.5 Å². The summed E-state index contributed by atoms with van der Waals surface area (Å²) in [5, 5.41) is 0.541. The van der Waals surface area contributed by atoms with Gasteiger partial charge in [-0.1, -0.05) is 23.7 Å². The number of benzene rings is 2. The summed E-state index contributed by atoms with van der Waals surface area (Å²) < 4.78 is 11.9. The summed E-state index contributed by atoms with van der Waals surface area (Å²) in [5.41, 5.74) is 2.18. The standard InChI is InChI=1S/C15H12ClNO3/c1-19-12-4-2-3-10(7-12)9-17-13-6-5-11(16)8-14(13)20-15(17)18/h2-8H,9H2,1H3. The third-order valence-corrected chi connectivity index (χ3v) is 3.34. The Morgan fingerprint density at radius 2 is 2.10 bits per heavy atom. The van der Waals surface area contributed by atoms with E-state index in [4.69, 9.17) is 20.8 Å². The predicted octanol–water partition coefficient (Wildman–Crippen LogP) is 3.30. The van der Waals surface area contributed by atoms with Gasteiger partial charge in [-0.25, -0.2) is 4.79 Å². The van der Waals surface area contributed by atoms with Gasteiger partial charge in [0.25, 0.3) is 0 Å². The zero-order chi connectivity index (χ0) is 14.1. The van der Waals surface area contributed by atoms with Gasteiger partial charge in [0.15, 0.2) is 5.58 Å². The van der Waals surface area contributed by atoms with Crippen molar-refractivity contribution in [1.29, 1.82) is 0 Å². The van der Waals surface area contributed by atoms with E-state index >= 15 is 0 Å². The van der Waals surface area contributed by atoms with Gasteiger partial charge < -0.3 is 9.15 Å². The van der Waals surface area contributed by atoms with Gasteiger partial charge in [-0.15, -0.1) is 0 Å². The lowest BCUT2D eigenvalue weighted by atomic mass is 10.2. The number of halogens is 1. The smallest absolute Gasteiger partial charge is 0.420 e. The van der Waals surface area contributed by atoms with Crippen molar-refractivity contribution in [2.24, 2.45) is 0 Å². The normalized spacial score (nSPS) is 10.9. The number of methoxy groups -OCH3 is 1. The summed E-state index contributed by atoms with van der Waals surface area (Å²) in [5.74, 6) is 0.358. The molecule has 0 saturated carbocycles. The van der Waals surface area contributed by atoms with E-state index in [2.05, 4.69) is 0 Å². The molecule has 0 atom stereocenters. The highest BCUT2D eigenvalue weighted by atomic mass is 35.5. The minimum atomic E-state index is -0.398. The summed E-state index contributed by atoms with van der Waals surface area (Å²) in [4.78, 5) is 11.9. The Balaban J connectivity index is 2.06.